The van der Waals surface area contributed by atoms with Crippen LogP contribution in [0.2, 0.25) is 0 Å². The molecule has 0 aliphatic carbocycles. The molecule has 1 N–H and O–H groups in total. The van der Waals surface area contributed by atoms with Gasteiger partial charge in [0.25, 0.3) is 0 Å². The molecule has 1 heterocycles. The Labute approximate surface area is 184 Å². The van der Waals surface area contributed by atoms with Crippen molar-refractivity contribution >= 4 is 6.08 Å². The van der Waals surface area contributed by atoms with Crippen molar-refractivity contribution in [2.75, 3.05) is 0 Å². The number of allylic oxidation sites excluding steroid dienone is 1. The van der Waals surface area contributed by atoms with Crippen molar-refractivity contribution in [1.29, 1.82) is 0 Å². The Morgan fingerprint density at radius 3 is 1.63 bits per heavy atom. The van der Waals surface area contributed by atoms with Crippen LogP contribution in [0, 0.1) is 0 Å². The molecule has 0 fully saturated rings. The average molecular weight is 534 g/mol. The van der Waals surface area contributed by atoms with Crippen LogP contribution >= 0.6 is 0 Å². The summed E-state index contributed by atoms with van der Waals surface area (Å²) < 4.78 is 183. The number of nitrogens with zero attached hydrogens (tertiary/aromatic N) is 2. The zero-order chi connectivity index (χ0) is 27.3. The molecule has 1 aromatic heterocycles. The first-order valence-corrected chi connectivity index (χ1v) is 8.58. The fourth-order valence-corrected chi connectivity index (χ4v) is 2.33. The zero-order valence-corrected chi connectivity index (χ0v) is 16.2. The van der Waals surface area contributed by atoms with Gasteiger partial charge in [-0.25, -0.2) is 9.97 Å². The fraction of sp³-hybridized carbons (Fsp3) is 0.333. The van der Waals surface area contributed by atoms with Crippen LogP contribution in [0.3, 0.4) is 0 Å². The molecule has 3 nitrogen and oxygen atoms in total. The molecule has 0 atom stereocenters. The number of alkyl halides is 14. The van der Waals surface area contributed by atoms with Crippen molar-refractivity contribution in [3.05, 3.63) is 53.5 Å². The highest BCUT2D eigenvalue weighted by Gasteiger charge is 2.75. The van der Waals surface area contributed by atoms with Gasteiger partial charge in [0.2, 0.25) is 0 Å². The minimum Gasteiger partial charge on any atom is -0.506 e. The summed E-state index contributed by atoms with van der Waals surface area (Å²) in [5.74, 6) is -30.6. The molecular weight excluding hydrogens is 526 g/mol. The van der Waals surface area contributed by atoms with E-state index in [0.29, 0.717) is 0 Å². The second-order valence-corrected chi connectivity index (χ2v) is 6.69. The second kappa shape index (κ2) is 8.51. The summed E-state index contributed by atoms with van der Waals surface area (Å²) in [5, 5.41) is 9.23. The van der Waals surface area contributed by atoms with E-state index in [4.69, 9.17) is 0 Å². The van der Waals surface area contributed by atoms with E-state index in [1.54, 1.807) is 0 Å². The number of hydrogen-bond acceptors (Lipinski definition) is 3. The lowest BCUT2D eigenvalue weighted by Crippen LogP contribution is -2.52. The number of benzene rings is 1. The van der Waals surface area contributed by atoms with Crippen LogP contribution in [-0.4, -0.2) is 45.2 Å². The normalized spacial score (nSPS) is 14.9. The minimum atomic E-state index is -6.92. The third-order valence-electron chi connectivity index (χ3n) is 4.21. The Morgan fingerprint density at radius 2 is 1.17 bits per heavy atom. The van der Waals surface area contributed by atoms with Gasteiger partial charge in [0.1, 0.15) is 5.69 Å². The van der Waals surface area contributed by atoms with Crippen LogP contribution in [0.4, 0.5) is 61.5 Å². The molecule has 0 amide bonds. The Morgan fingerprint density at radius 1 is 0.686 bits per heavy atom. The smallest absolute Gasteiger partial charge is 0.460 e. The number of rotatable bonds is 6. The Bertz CT molecular complexity index is 1090. The molecule has 0 radical (unpaired) electrons. The Kier molecular flexibility index (Phi) is 6.83. The lowest BCUT2D eigenvalue weighted by Gasteiger charge is -2.28. The van der Waals surface area contributed by atoms with E-state index in [-0.39, 0.29) is 0 Å². The zero-order valence-electron chi connectivity index (χ0n) is 16.2. The van der Waals surface area contributed by atoms with Gasteiger partial charge in [-0.3, -0.25) is 0 Å². The van der Waals surface area contributed by atoms with Crippen LogP contribution in [0.25, 0.3) is 17.5 Å². The molecule has 1 aromatic carbocycles. The molecule has 194 valence electrons. The molecule has 2 aromatic rings. The standard InChI is InChI=1S/C18H8F14N2O/c19-13(20,15(23,24)17(27,28)29)10-6-9(33-12(34-10)8-4-2-1-3-5-8)7-11(35)14(21,22)16(25,26)18(30,31)32/h1-7,35H/b11-7-. The fourth-order valence-electron chi connectivity index (χ4n) is 2.33. The van der Waals surface area contributed by atoms with Crippen molar-refractivity contribution < 1.29 is 66.6 Å². The van der Waals surface area contributed by atoms with Gasteiger partial charge in [-0.1, -0.05) is 30.3 Å². The van der Waals surface area contributed by atoms with Gasteiger partial charge in [-0.2, -0.15) is 61.5 Å². The molecule has 35 heavy (non-hydrogen) atoms. The first kappa shape index (κ1) is 28.1. The number of aliphatic hydroxyl groups is 1. The highest BCUT2D eigenvalue weighted by atomic mass is 19.4. The van der Waals surface area contributed by atoms with Crippen LogP contribution in [-0.2, 0) is 5.92 Å². The molecule has 0 bridgehead atoms. The summed E-state index contributed by atoms with van der Waals surface area (Å²) in [6, 6.07) is 5.02. The maximum Gasteiger partial charge on any atom is 0.460 e. The number of halogens is 14. The molecule has 0 spiro atoms. The SMILES string of the molecule is O/C(=C\c1cc(C(F)(F)C(F)(F)C(F)(F)F)nc(-c2ccccc2)n1)C(F)(F)C(F)(F)C(F)(F)F. The van der Waals surface area contributed by atoms with E-state index in [2.05, 4.69) is 9.97 Å². The van der Waals surface area contributed by atoms with Gasteiger partial charge < -0.3 is 5.11 Å². The van der Waals surface area contributed by atoms with E-state index < -0.39 is 76.7 Å². The van der Waals surface area contributed by atoms with Gasteiger partial charge in [0.05, 0.1) is 5.69 Å². The summed E-state index contributed by atoms with van der Waals surface area (Å²) in [6.07, 6.45) is -14.5. The molecule has 0 saturated carbocycles. The highest BCUT2D eigenvalue weighted by molar-refractivity contribution is 5.59. The van der Waals surface area contributed by atoms with Crippen molar-refractivity contribution in [2.24, 2.45) is 0 Å². The van der Waals surface area contributed by atoms with Crippen molar-refractivity contribution in [2.45, 2.75) is 36.0 Å². The van der Waals surface area contributed by atoms with E-state index in [9.17, 15) is 66.6 Å². The highest BCUT2D eigenvalue weighted by Crippen LogP contribution is 2.52. The number of aliphatic hydroxyl groups excluding tert-OH is 1. The van der Waals surface area contributed by atoms with Gasteiger partial charge in [-0.15, -0.1) is 0 Å². The monoisotopic (exact) mass is 534 g/mol. The van der Waals surface area contributed by atoms with Crippen LogP contribution in [0.1, 0.15) is 11.4 Å². The molecular formula is C18H8F14N2O. The summed E-state index contributed by atoms with van der Waals surface area (Å²) >= 11 is 0. The third-order valence-corrected chi connectivity index (χ3v) is 4.21. The predicted molar refractivity (Wildman–Crippen MR) is 88.9 cm³/mol. The predicted octanol–water partition coefficient (Wildman–Crippen LogP) is 7.16. The van der Waals surface area contributed by atoms with Gasteiger partial charge in [-0.05, 0) is 6.07 Å². The summed E-state index contributed by atoms with van der Waals surface area (Å²) in [5.41, 5.74) is -4.50. The summed E-state index contributed by atoms with van der Waals surface area (Å²) in [4.78, 5) is 6.04. The first-order chi connectivity index (χ1) is 15.6. The largest absolute Gasteiger partial charge is 0.506 e. The van der Waals surface area contributed by atoms with Crippen LogP contribution in [0.5, 0.6) is 0 Å². The molecule has 0 aliphatic heterocycles. The molecule has 0 unspecified atom stereocenters. The Hall–Kier alpha value is -3.14. The quantitative estimate of drug-likeness (QED) is 0.316. The van der Waals surface area contributed by atoms with Crippen LogP contribution < -0.4 is 0 Å². The Balaban J connectivity index is 2.78. The molecule has 0 aliphatic rings. The second-order valence-electron chi connectivity index (χ2n) is 6.69. The third kappa shape index (κ3) is 4.84. The first-order valence-electron chi connectivity index (χ1n) is 8.58. The van der Waals surface area contributed by atoms with Crippen molar-refractivity contribution in [3.63, 3.8) is 0 Å². The lowest BCUT2D eigenvalue weighted by atomic mass is 10.0. The number of aromatic nitrogens is 2. The minimum absolute atomic E-state index is 0.401. The molecule has 17 heteroatoms. The van der Waals surface area contributed by atoms with Crippen molar-refractivity contribution in [3.8, 4) is 11.4 Å². The van der Waals surface area contributed by atoms with Gasteiger partial charge in [0, 0.05) is 11.6 Å². The lowest BCUT2D eigenvalue weighted by molar-refractivity contribution is -0.360. The van der Waals surface area contributed by atoms with Crippen LogP contribution in [0.15, 0.2) is 42.2 Å². The van der Waals surface area contributed by atoms with Gasteiger partial charge in [0.15, 0.2) is 11.6 Å². The van der Waals surface area contributed by atoms with E-state index >= 15 is 0 Å². The maximum atomic E-state index is 14.2. The average Bonchev–Trinajstić information content (AvgIpc) is 2.72. The topological polar surface area (TPSA) is 46.0 Å². The maximum absolute atomic E-state index is 14.2. The van der Waals surface area contributed by atoms with E-state index in [1.165, 1.54) is 6.07 Å². The number of hydrogen-bond donors (Lipinski definition) is 1. The van der Waals surface area contributed by atoms with E-state index in [0.717, 1.165) is 24.3 Å². The van der Waals surface area contributed by atoms with Crippen molar-refractivity contribution in [1.82, 2.24) is 9.97 Å². The van der Waals surface area contributed by atoms with Gasteiger partial charge >= 0.3 is 36.0 Å². The molecule has 0 saturated heterocycles. The summed E-state index contributed by atoms with van der Waals surface area (Å²) in [7, 11) is 0. The molecule has 2 rings (SSSR count). The van der Waals surface area contributed by atoms with E-state index in [1.807, 2.05) is 0 Å². The summed E-state index contributed by atoms with van der Waals surface area (Å²) in [6.45, 7) is 0.